The molecule has 1 aliphatic rings. The van der Waals surface area contributed by atoms with E-state index in [1.165, 1.54) is 18.3 Å². The minimum Gasteiger partial charge on any atom is -0.493 e. The van der Waals surface area contributed by atoms with Gasteiger partial charge in [-0.15, -0.1) is 11.3 Å². The van der Waals surface area contributed by atoms with E-state index in [0.717, 1.165) is 34.6 Å². The maximum absolute atomic E-state index is 12.5. The smallest absolute Gasteiger partial charge is 0.257 e. The molecule has 1 atom stereocenters. The van der Waals surface area contributed by atoms with E-state index in [9.17, 15) is 9.59 Å². The van der Waals surface area contributed by atoms with Gasteiger partial charge in [-0.2, -0.15) is 0 Å². The summed E-state index contributed by atoms with van der Waals surface area (Å²) in [5, 5.41) is 8.30. The average molecular weight is 407 g/mol. The Morgan fingerprint density at radius 2 is 2.03 bits per heavy atom. The van der Waals surface area contributed by atoms with Gasteiger partial charge in [-0.3, -0.25) is 14.9 Å². The van der Waals surface area contributed by atoms with Crippen molar-refractivity contribution in [1.29, 1.82) is 0 Å². The normalized spacial score (nSPS) is 15.2. The van der Waals surface area contributed by atoms with Gasteiger partial charge in [0, 0.05) is 35.4 Å². The number of hydrogen-bond donors (Lipinski definition) is 2. The fourth-order valence-electron chi connectivity index (χ4n) is 3.40. The summed E-state index contributed by atoms with van der Waals surface area (Å²) >= 11 is 1.38. The van der Waals surface area contributed by atoms with Crippen molar-refractivity contribution in [2.24, 2.45) is 0 Å². The highest BCUT2D eigenvalue weighted by atomic mass is 32.1. The Morgan fingerprint density at radius 1 is 1.21 bits per heavy atom. The molecular weight excluding hydrogens is 386 g/mol. The Kier molecular flexibility index (Phi) is 5.31. The number of ether oxygens (including phenoxy) is 1. The standard InChI is InChI=1S/C22H21N3O3S/c1-13-5-3-4-6-16(13)21(27)25-22-24-19(12-29-22)15-7-8-20-17(11-15)18(9-10-28-20)23-14(2)26/h3-8,11-12,18H,9-10H2,1-2H3,(H,23,26)(H,24,25,27). The molecule has 1 aromatic heterocycles. The summed E-state index contributed by atoms with van der Waals surface area (Å²) in [6.45, 7) is 3.99. The van der Waals surface area contributed by atoms with E-state index in [4.69, 9.17) is 4.74 Å². The molecule has 29 heavy (non-hydrogen) atoms. The highest BCUT2D eigenvalue weighted by Crippen LogP contribution is 2.36. The summed E-state index contributed by atoms with van der Waals surface area (Å²) in [5.41, 5.74) is 4.18. The van der Waals surface area contributed by atoms with Crippen molar-refractivity contribution in [2.75, 3.05) is 11.9 Å². The number of carbonyl (C=O) groups is 2. The van der Waals surface area contributed by atoms with Gasteiger partial charge < -0.3 is 10.1 Å². The van der Waals surface area contributed by atoms with Crippen LogP contribution in [-0.4, -0.2) is 23.4 Å². The predicted molar refractivity (Wildman–Crippen MR) is 113 cm³/mol. The number of anilines is 1. The molecule has 148 valence electrons. The van der Waals surface area contributed by atoms with E-state index in [1.807, 2.05) is 48.7 Å². The van der Waals surface area contributed by atoms with Crippen molar-refractivity contribution in [1.82, 2.24) is 10.3 Å². The number of nitrogens with one attached hydrogen (secondary N) is 2. The number of aromatic nitrogens is 1. The lowest BCUT2D eigenvalue weighted by Gasteiger charge is -2.26. The first kappa shape index (κ1) is 19.1. The second-order valence-electron chi connectivity index (χ2n) is 6.95. The van der Waals surface area contributed by atoms with Crippen molar-refractivity contribution in [2.45, 2.75) is 26.3 Å². The largest absolute Gasteiger partial charge is 0.493 e. The molecule has 0 fully saturated rings. The molecule has 3 aromatic rings. The quantitative estimate of drug-likeness (QED) is 0.675. The van der Waals surface area contributed by atoms with Crippen molar-refractivity contribution in [3.8, 4) is 17.0 Å². The molecule has 2 N–H and O–H groups in total. The number of benzene rings is 2. The third kappa shape index (κ3) is 4.14. The van der Waals surface area contributed by atoms with E-state index in [2.05, 4.69) is 15.6 Å². The molecule has 0 aliphatic carbocycles. The number of rotatable bonds is 4. The highest BCUT2D eigenvalue weighted by molar-refractivity contribution is 7.14. The van der Waals surface area contributed by atoms with Gasteiger partial charge in [0.15, 0.2) is 5.13 Å². The van der Waals surface area contributed by atoms with Crippen LogP contribution in [0.25, 0.3) is 11.3 Å². The summed E-state index contributed by atoms with van der Waals surface area (Å²) in [5.74, 6) is 0.540. The summed E-state index contributed by atoms with van der Waals surface area (Å²) in [7, 11) is 0. The van der Waals surface area contributed by atoms with Gasteiger partial charge in [0.05, 0.1) is 18.3 Å². The lowest BCUT2D eigenvalue weighted by Crippen LogP contribution is -2.30. The third-order valence-electron chi connectivity index (χ3n) is 4.84. The van der Waals surface area contributed by atoms with Crippen molar-refractivity contribution >= 4 is 28.3 Å². The second kappa shape index (κ2) is 8.05. The van der Waals surface area contributed by atoms with E-state index in [1.54, 1.807) is 6.07 Å². The first-order valence-corrected chi connectivity index (χ1v) is 10.3. The minimum absolute atomic E-state index is 0.0666. The Balaban J connectivity index is 1.56. The SMILES string of the molecule is CC(=O)NC1CCOc2ccc(-c3csc(NC(=O)c4ccccc4C)n3)cc21. The molecule has 0 saturated heterocycles. The van der Waals surface area contributed by atoms with E-state index in [-0.39, 0.29) is 17.9 Å². The predicted octanol–water partition coefficient (Wildman–Crippen LogP) is 4.33. The third-order valence-corrected chi connectivity index (χ3v) is 5.59. The monoisotopic (exact) mass is 407 g/mol. The Labute approximate surface area is 172 Å². The first-order chi connectivity index (χ1) is 14.0. The van der Waals surface area contributed by atoms with Crippen LogP contribution in [0, 0.1) is 6.92 Å². The zero-order chi connectivity index (χ0) is 20.4. The zero-order valence-corrected chi connectivity index (χ0v) is 17.0. The number of amides is 2. The van der Waals surface area contributed by atoms with Gasteiger partial charge in [0.1, 0.15) is 5.75 Å². The van der Waals surface area contributed by atoms with Crippen LogP contribution in [0.4, 0.5) is 5.13 Å². The van der Waals surface area contributed by atoms with Gasteiger partial charge in [0.2, 0.25) is 5.91 Å². The average Bonchev–Trinajstić information content (AvgIpc) is 3.16. The molecule has 1 unspecified atom stereocenters. The van der Waals surface area contributed by atoms with Crippen LogP contribution in [-0.2, 0) is 4.79 Å². The number of nitrogens with zero attached hydrogens (tertiary/aromatic N) is 1. The molecular formula is C22H21N3O3S. The summed E-state index contributed by atoms with van der Waals surface area (Å²) in [6.07, 6.45) is 0.727. The molecule has 2 amide bonds. The summed E-state index contributed by atoms with van der Waals surface area (Å²) in [6, 6.07) is 13.2. The molecule has 0 spiro atoms. The van der Waals surface area contributed by atoms with E-state index < -0.39 is 0 Å². The van der Waals surface area contributed by atoms with Gasteiger partial charge in [-0.25, -0.2) is 4.98 Å². The molecule has 2 heterocycles. The number of carbonyl (C=O) groups excluding carboxylic acids is 2. The molecule has 7 heteroatoms. The van der Waals surface area contributed by atoms with Gasteiger partial charge in [0.25, 0.3) is 5.91 Å². The topological polar surface area (TPSA) is 80.3 Å². The van der Waals surface area contributed by atoms with Gasteiger partial charge in [-0.05, 0) is 36.8 Å². The van der Waals surface area contributed by atoms with Crippen LogP contribution < -0.4 is 15.4 Å². The Hall–Kier alpha value is -3.19. The number of thiazole rings is 1. The number of aryl methyl sites for hydroxylation is 1. The van der Waals surface area contributed by atoms with Crippen LogP contribution in [0.15, 0.2) is 47.8 Å². The summed E-state index contributed by atoms with van der Waals surface area (Å²) < 4.78 is 5.72. The highest BCUT2D eigenvalue weighted by Gasteiger charge is 2.23. The molecule has 4 rings (SSSR count). The van der Waals surface area contributed by atoms with Crippen LogP contribution in [0.3, 0.4) is 0 Å². The molecule has 0 saturated carbocycles. The molecule has 0 bridgehead atoms. The van der Waals surface area contributed by atoms with Crippen LogP contribution >= 0.6 is 11.3 Å². The number of fused-ring (bicyclic) bond motifs is 1. The van der Waals surface area contributed by atoms with Crippen LogP contribution in [0.5, 0.6) is 5.75 Å². The minimum atomic E-state index is -0.173. The van der Waals surface area contributed by atoms with Gasteiger partial charge >= 0.3 is 0 Å². The lowest BCUT2D eigenvalue weighted by atomic mass is 9.97. The van der Waals surface area contributed by atoms with Crippen molar-refractivity contribution < 1.29 is 14.3 Å². The summed E-state index contributed by atoms with van der Waals surface area (Å²) in [4.78, 5) is 28.6. The van der Waals surface area contributed by atoms with E-state index >= 15 is 0 Å². The fourth-order valence-corrected chi connectivity index (χ4v) is 4.12. The number of hydrogen-bond acceptors (Lipinski definition) is 5. The maximum Gasteiger partial charge on any atom is 0.257 e. The maximum atomic E-state index is 12.5. The van der Waals surface area contributed by atoms with Crippen LogP contribution in [0.2, 0.25) is 0 Å². The molecule has 6 nitrogen and oxygen atoms in total. The lowest BCUT2D eigenvalue weighted by molar-refractivity contribution is -0.119. The first-order valence-electron chi connectivity index (χ1n) is 9.38. The fraction of sp³-hybridized carbons (Fsp3) is 0.227. The van der Waals surface area contributed by atoms with Crippen molar-refractivity contribution in [3.05, 3.63) is 64.5 Å². The Bertz CT molecular complexity index is 1080. The van der Waals surface area contributed by atoms with Crippen molar-refractivity contribution in [3.63, 3.8) is 0 Å². The van der Waals surface area contributed by atoms with Gasteiger partial charge in [-0.1, -0.05) is 18.2 Å². The van der Waals surface area contributed by atoms with Crippen LogP contribution in [0.1, 0.15) is 40.9 Å². The molecule has 2 aromatic carbocycles. The Morgan fingerprint density at radius 3 is 2.83 bits per heavy atom. The molecule has 0 radical (unpaired) electrons. The second-order valence-corrected chi connectivity index (χ2v) is 7.81. The zero-order valence-electron chi connectivity index (χ0n) is 16.2. The molecule has 1 aliphatic heterocycles. The van der Waals surface area contributed by atoms with E-state index in [0.29, 0.717) is 17.3 Å².